The first kappa shape index (κ1) is 15.2. The van der Waals surface area contributed by atoms with Crippen LogP contribution in [0.1, 0.15) is 15.6 Å². The molecule has 2 heterocycles. The Morgan fingerprint density at radius 1 is 1.33 bits per heavy atom. The molecular formula is C14H19N5OS. The quantitative estimate of drug-likeness (QED) is 0.910. The maximum atomic E-state index is 11.8. The molecule has 2 aromatic heterocycles. The van der Waals surface area contributed by atoms with Crippen LogP contribution in [0.4, 0.5) is 16.3 Å². The fourth-order valence-electron chi connectivity index (χ4n) is 1.67. The summed E-state index contributed by atoms with van der Waals surface area (Å²) in [5, 5.41) is 6.43. The number of pyridine rings is 1. The minimum Gasteiger partial charge on any atom is -0.363 e. The summed E-state index contributed by atoms with van der Waals surface area (Å²) in [6.45, 7) is 4.41. The summed E-state index contributed by atoms with van der Waals surface area (Å²) in [5.41, 5.74) is 1.67. The molecule has 0 fully saturated rings. The second-order valence-electron chi connectivity index (χ2n) is 4.86. The van der Waals surface area contributed by atoms with Crippen molar-refractivity contribution in [1.82, 2.24) is 15.3 Å². The Kier molecular flexibility index (Phi) is 4.74. The first-order valence-corrected chi connectivity index (χ1v) is 7.38. The van der Waals surface area contributed by atoms with Crippen LogP contribution < -0.4 is 15.5 Å². The first-order chi connectivity index (χ1) is 9.95. The van der Waals surface area contributed by atoms with E-state index in [2.05, 4.69) is 20.6 Å². The Bertz CT molecular complexity index is 601. The topological polar surface area (TPSA) is 70.2 Å². The van der Waals surface area contributed by atoms with E-state index < -0.39 is 0 Å². The number of carbonyl (C=O) groups is 1. The zero-order chi connectivity index (χ0) is 15.4. The highest BCUT2D eigenvalue weighted by Crippen LogP contribution is 2.16. The van der Waals surface area contributed by atoms with E-state index >= 15 is 0 Å². The van der Waals surface area contributed by atoms with Crippen molar-refractivity contribution in [3.63, 3.8) is 0 Å². The van der Waals surface area contributed by atoms with Gasteiger partial charge in [-0.25, -0.2) is 14.8 Å². The molecule has 2 aromatic rings. The normalized spacial score (nSPS) is 10.3. The summed E-state index contributed by atoms with van der Waals surface area (Å²) >= 11 is 1.60. The fraction of sp³-hybridized carbons (Fsp3) is 0.357. The van der Waals surface area contributed by atoms with E-state index in [1.165, 1.54) is 4.88 Å². The Labute approximate surface area is 128 Å². The van der Waals surface area contributed by atoms with Gasteiger partial charge in [0, 0.05) is 19.0 Å². The average Bonchev–Trinajstić information content (AvgIpc) is 2.76. The summed E-state index contributed by atoms with van der Waals surface area (Å²) in [4.78, 5) is 23.5. The average molecular weight is 305 g/mol. The lowest BCUT2D eigenvalue weighted by Gasteiger charge is -2.11. The Balaban J connectivity index is 1.86. The molecule has 0 saturated carbocycles. The van der Waals surface area contributed by atoms with Gasteiger partial charge in [-0.15, -0.1) is 11.3 Å². The second-order valence-corrected chi connectivity index (χ2v) is 6.14. The van der Waals surface area contributed by atoms with E-state index in [9.17, 15) is 4.79 Å². The molecule has 0 radical (unpaired) electrons. The smallest absolute Gasteiger partial charge is 0.319 e. The van der Waals surface area contributed by atoms with Gasteiger partial charge in [-0.2, -0.15) is 0 Å². The van der Waals surface area contributed by atoms with Crippen molar-refractivity contribution in [2.75, 3.05) is 24.3 Å². The summed E-state index contributed by atoms with van der Waals surface area (Å²) in [5.74, 6) is 0.842. The first-order valence-electron chi connectivity index (χ1n) is 6.57. The highest BCUT2D eigenvalue weighted by Gasteiger charge is 2.06. The highest BCUT2D eigenvalue weighted by molar-refractivity contribution is 7.11. The molecule has 7 heteroatoms. The summed E-state index contributed by atoms with van der Waals surface area (Å²) < 4.78 is 0. The summed E-state index contributed by atoms with van der Waals surface area (Å²) in [6, 6.07) is 3.41. The van der Waals surface area contributed by atoms with Gasteiger partial charge in [0.1, 0.15) is 10.8 Å². The standard InChI is InChI=1S/C14H19N5OS/c1-9-10(2)21-13(17-9)8-16-14(20)18-11-5-6-12(15-7-11)19(3)4/h5-7H,8H2,1-4H3,(H2,16,18,20). The number of carbonyl (C=O) groups excluding carboxylic acids is 1. The number of urea groups is 1. The number of aromatic nitrogens is 2. The molecule has 0 aliphatic heterocycles. The number of aryl methyl sites for hydroxylation is 2. The zero-order valence-corrected chi connectivity index (χ0v) is 13.4. The largest absolute Gasteiger partial charge is 0.363 e. The van der Waals surface area contributed by atoms with Crippen LogP contribution in [0.25, 0.3) is 0 Å². The maximum absolute atomic E-state index is 11.8. The molecule has 2 amide bonds. The van der Waals surface area contributed by atoms with E-state index in [1.54, 1.807) is 17.5 Å². The van der Waals surface area contributed by atoms with Crippen LogP contribution in [-0.4, -0.2) is 30.1 Å². The van der Waals surface area contributed by atoms with Crippen LogP contribution in [0.5, 0.6) is 0 Å². The third-order valence-electron chi connectivity index (χ3n) is 2.94. The van der Waals surface area contributed by atoms with Crippen molar-refractivity contribution >= 4 is 28.9 Å². The molecule has 0 unspecified atom stereocenters. The molecule has 2 rings (SSSR count). The van der Waals surface area contributed by atoms with Crippen molar-refractivity contribution < 1.29 is 4.79 Å². The van der Waals surface area contributed by atoms with Crippen LogP contribution in [0.2, 0.25) is 0 Å². The van der Waals surface area contributed by atoms with Gasteiger partial charge in [0.2, 0.25) is 0 Å². The SMILES string of the molecule is Cc1nc(CNC(=O)Nc2ccc(N(C)C)nc2)sc1C. The lowest BCUT2D eigenvalue weighted by molar-refractivity contribution is 0.251. The van der Waals surface area contributed by atoms with Gasteiger partial charge in [-0.05, 0) is 26.0 Å². The van der Waals surface area contributed by atoms with Crippen molar-refractivity contribution in [2.24, 2.45) is 0 Å². The molecule has 0 bridgehead atoms. The molecule has 0 aromatic carbocycles. The van der Waals surface area contributed by atoms with Gasteiger partial charge in [0.25, 0.3) is 0 Å². The van der Waals surface area contributed by atoms with Crippen molar-refractivity contribution in [3.05, 3.63) is 33.9 Å². The molecule has 2 N–H and O–H groups in total. The third kappa shape index (κ3) is 4.16. The van der Waals surface area contributed by atoms with Crippen LogP contribution >= 0.6 is 11.3 Å². The fourth-order valence-corrected chi connectivity index (χ4v) is 2.54. The van der Waals surface area contributed by atoms with Gasteiger partial charge in [0.05, 0.1) is 24.1 Å². The molecule has 6 nitrogen and oxygen atoms in total. The molecule has 0 spiro atoms. The van der Waals surface area contributed by atoms with E-state index in [-0.39, 0.29) is 6.03 Å². The Morgan fingerprint density at radius 2 is 2.10 bits per heavy atom. The molecule has 0 saturated heterocycles. The number of nitrogens with one attached hydrogen (secondary N) is 2. The van der Waals surface area contributed by atoms with Crippen LogP contribution in [-0.2, 0) is 6.54 Å². The summed E-state index contributed by atoms with van der Waals surface area (Å²) in [6.07, 6.45) is 1.63. The van der Waals surface area contributed by atoms with Gasteiger partial charge in [-0.1, -0.05) is 0 Å². The monoisotopic (exact) mass is 305 g/mol. The molecule has 0 aliphatic carbocycles. The number of thiazole rings is 1. The number of hydrogen-bond donors (Lipinski definition) is 2. The number of hydrogen-bond acceptors (Lipinski definition) is 5. The Morgan fingerprint density at radius 3 is 2.62 bits per heavy atom. The van der Waals surface area contributed by atoms with Crippen molar-refractivity contribution in [1.29, 1.82) is 0 Å². The van der Waals surface area contributed by atoms with E-state index in [0.29, 0.717) is 12.2 Å². The minimum absolute atomic E-state index is 0.264. The van der Waals surface area contributed by atoms with E-state index in [1.807, 2.05) is 45.0 Å². The van der Waals surface area contributed by atoms with Crippen LogP contribution in [0.3, 0.4) is 0 Å². The molecule has 21 heavy (non-hydrogen) atoms. The van der Waals surface area contributed by atoms with Gasteiger partial charge >= 0.3 is 6.03 Å². The molecule has 112 valence electrons. The zero-order valence-electron chi connectivity index (χ0n) is 12.6. The Hall–Kier alpha value is -2.15. The molecular weight excluding hydrogens is 286 g/mol. The maximum Gasteiger partial charge on any atom is 0.319 e. The lowest BCUT2D eigenvalue weighted by Crippen LogP contribution is -2.28. The van der Waals surface area contributed by atoms with Gasteiger partial charge < -0.3 is 15.5 Å². The van der Waals surface area contributed by atoms with Crippen LogP contribution in [0.15, 0.2) is 18.3 Å². The lowest BCUT2D eigenvalue weighted by atomic mass is 10.4. The van der Waals surface area contributed by atoms with Crippen molar-refractivity contribution in [3.8, 4) is 0 Å². The van der Waals surface area contributed by atoms with Gasteiger partial charge in [-0.3, -0.25) is 0 Å². The predicted molar refractivity (Wildman–Crippen MR) is 86.0 cm³/mol. The minimum atomic E-state index is -0.264. The van der Waals surface area contributed by atoms with Gasteiger partial charge in [0.15, 0.2) is 0 Å². The number of nitrogens with zero attached hydrogens (tertiary/aromatic N) is 3. The highest BCUT2D eigenvalue weighted by atomic mass is 32.1. The third-order valence-corrected chi connectivity index (χ3v) is 4.01. The second kappa shape index (κ2) is 6.53. The van der Waals surface area contributed by atoms with Crippen LogP contribution in [0, 0.1) is 13.8 Å². The summed E-state index contributed by atoms with van der Waals surface area (Å²) in [7, 11) is 3.83. The van der Waals surface area contributed by atoms with E-state index in [4.69, 9.17) is 0 Å². The van der Waals surface area contributed by atoms with Crippen molar-refractivity contribution in [2.45, 2.75) is 20.4 Å². The van der Waals surface area contributed by atoms with E-state index in [0.717, 1.165) is 16.5 Å². The predicted octanol–water partition coefficient (Wildman–Crippen LogP) is 2.54. The number of rotatable bonds is 4. The molecule has 0 atom stereocenters. The number of amides is 2. The molecule has 0 aliphatic rings. The number of anilines is 2.